The van der Waals surface area contributed by atoms with Gasteiger partial charge in [-0.25, -0.2) is 9.88 Å². The summed E-state index contributed by atoms with van der Waals surface area (Å²) in [6, 6.07) is 20.7. The molecule has 4 aromatic carbocycles. The number of carbonyl (C=O) groups is 2. The van der Waals surface area contributed by atoms with E-state index in [-0.39, 0.29) is 28.2 Å². The third-order valence-electron chi connectivity index (χ3n) is 8.18. The molecule has 3 heterocycles. The van der Waals surface area contributed by atoms with Gasteiger partial charge in [-0.3, -0.25) is 18.8 Å². The van der Waals surface area contributed by atoms with Gasteiger partial charge in [0.15, 0.2) is 0 Å². The van der Waals surface area contributed by atoms with E-state index in [1.807, 2.05) is 42.5 Å². The summed E-state index contributed by atoms with van der Waals surface area (Å²) < 4.78 is 1.63. The number of hydrogen-bond acceptors (Lipinski definition) is 4. The molecule has 6 nitrogen and oxygen atoms in total. The molecule has 7 rings (SSSR count). The lowest BCUT2D eigenvalue weighted by Crippen LogP contribution is -2.42. The molecular weight excluding hydrogens is 498 g/mol. The number of nitrogens with zero attached hydrogens (tertiary/aromatic N) is 3. The van der Waals surface area contributed by atoms with E-state index < -0.39 is 0 Å². The Labute approximate surface area is 231 Å². The highest BCUT2D eigenvalue weighted by Crippen LogP contribution is 2.42. The van der Waals surface area contributed by atoms with Crippen LogP contribution in [0.25, 0.3) is 38.2 Å². The minimum atomic E-state index is -0.385. The van der Waals surface area contributed by atoms with E-state index in [4.69, 9.17) is 4.98 Å². The molecule has 0 saturated carbocycles. The number of amides is 2. The normalized spacial score (nSPS) is 14.4. The lowest BCUT2D eigenvalue weighted by Gasteiger charge is -2.34. The van der Waals surface area contributed by atoms with Crippen molar-refractivity contribution in [3.05, 3.63) is 99.3 Å². The molecule has 198 valence electrons. The molecular formula is C34H29N3O3. The van der Waals surface area contributed by atoms with Gasteiger partial charge in [0.25, 0.3) is 17.4 Å². The lowest BCUT2D eigenvalue weighted by atomic mass is 9.80. The largest absolute Gasteiger partial charge is 0.268 e. The van der Waals surface area contributed by atoms with E-state index in [1.165, 1.54) is 4.90 Å². The fourth-order valence-corrected chi connectivity index (χ4v) is 6.12. The van der Waals surface area contributed by atoms with Crippen LogP contribution in [0.15, 0.2) is 71.5 Å². The Bertz CT molecular complexity index is 2120. The zero-order valence-electron chi connectivity index (χ0n) is 23.4. The summed E-state index contributed by atoms with van der Waals surface area (Å²) in [5, 5.41) is 2.34. The topological polar surface area (TPSA) is 71.8 Å². The Morgan fingerprint density at radius 2 is 1.32 bits per heavy atom. The van der Waals surface area contributed by atoms with Gasteiger partial charge in [0, 0.05) is 32.7 Å². The molecule has 2 amide bonds. The number of pyridine rings is 1. The average Bonchev–Trinajstić information content (AvgIpc) is 3.29. The van der Waals surface area contributed by atoms with Crippen molar-refractivity contribution >= 4 is 55.7 Å². The van der Waals surface area contributed by atoms with Crippen LogP contribution < -0.4 is 10.5 Å². The second-order valence-corrected chi connectivity index (χ2v) is 12.8. The summed E-state index contributed by atoms with van der Waals surface area (Å²) >= 11 is 0. The summed E-state index contributed by atoms with van der Waals surface area (Å²) in [4.78, 5) is 48.4. The first-order valence-corrected chi connectivity index (χ1v) is 13.5. The molecule has 1 aliphatic rings. The molecule has 0 N–H and O–H groups in total. The lowest BCUT2D eigenvalue weighted by molar-refractivity contribution is 0.0893. The van der Waals surface area contributed by atoms with Crippen LogP contribution in [-0.4, -0.2) is 21.2 Å². The summed E-state index contributed by atoms with van der Waals surface area (Å²) in [6.07, 6.45) is 0. The number of benzene rings is 4. The first-order valence-electron chi connectivity index (χ1n) is 13.5. The van der Waals surface area contributed by atoms with E-state index in [9.17, 15) is 14.4 Å². The summed E-state index contributed by atoms with van der Waals surface area (Å²) in [5.74, 6) is -0.770. The Balaban J connectivity index is 1.54. The molecule has 6 heteroatoms. The molecule has 0 fully saturated rings. The number of rotatable bonds is 1. The summed E-state index contributed by atoms with van der Waals surface area (Å²) in [6.45, 7) is 12.6. The Hall–Kier alpha value is -4.58. The van der Waals surface area contributed by atoms with Crippen molar-refractivity contribution in [2.45, 2.75) is 52.4 Å². The highest BCUT2D eigenvalue weighted by Gasteiger charge is 2.38. The maximum Gasteiger partial charge on any atom is 0.265 e. The Morgan fingerprint density at radius 1 is 0.675 bits per heavy atom. The SMILES string of the molecule is CC(C)(C)c1ccc(C(C)(C)C)c(N2C(=O)c3ccc4c(=O)n5c6ccccc6nc5c5ccc(c3c45)C2=O)c1. The standard InChI is InChI=1S/C34H29N3O3/c1-33(2,3)18-11-16-23(34(4,5)6)26(17-18)37-31(39)21-13-12-19-27-20(14-15-22(28(21)27)32(37)40)30(38)36-25-10-8-7-9-24(25)35-29(19)36/h7-17H,1-6H3. The number of para-hydroxylation sites is 2. The molecule has 6 aromatic rings. The van der Waals surface area contributed by atoms with E-state index in [0.717, 1.165) is 27.5 Å². The van der Waals surface area contributed by atoms with Crippen molar-refractivity contribution in [1.29, 1.82) is 0 Å². The van der Waals surface area contributed by atoms with E-state index in [2.05, 4.69) is 47.6 Å². The van der Waals surface area contributed by atoms with E-state index in [1.54, 1.807) is 22.6 Å². The summed E-state index contributed by atoms with van der Waals surface area (Å²) in [7, 11) is 0. The molecule has 0 bridgehead atoms. The smallest absolute Gasteiger partial charge is 0.265 e. The van der Waals surface area contributed by atoms with Crippen LogP contribution in [0, 0.1) is 0 Å². The van der Waals surface area contributed by atoms with Gasteiger partial charge >= 0.3 is 0 Å². The average molecular weight is 528 g/mol. The second-order valence-electron chi connectivity index (χ2n) is 12.8. The fourth-order valence-electron chi connectivity index (χ4n) is 6.12. The number of imide groups is 1. The molecule has 0 unspecified atom stereocenters. The van der Waals surface area contributed by atoms with Crippen molar-refractivity contribution in [3.63, 3.8) is 0 Å². The van der Waals surface area contributed by atoms with E-state index in [0.29, 0.717) is 38.6 Å². The van der Waals surface area contributed by atoms with Crippen molar-refractivity contribution in [3.8, 4) is 0 Å². The number of carbonyl (C=O) groups excluding carboxylic acids is 2. The quantitative estimate of drug-likeness (QED) is 0.216. The van der Waals surface area contributed by atoms with E-state index >= 15 is 0 Å². The third-order valence-corrected chi connectivity index (χ3v) is 8.18. The monoisotopic (exact) mass is 527 g/mol. The Kier molecular flexibility index (Phi) is 4.74. The maximum atomic E-state index is 14.3. The number of hydrogen-bond donors (Lipinski definition) is 0. The first-order chi connectivity index (χ1) is 18.9. The van der Waals surface area contributed by atoms with Crippen molar-refractivity contribution in [1.82, 2.24) is 9.38 Å². The van der Waals surface area contributed by atoms with Gasteiger partial charge in [0.2, 0.25) is 0 Å². The van der Waals surface area contributed by atoms with Crippen LogP contribution in [0.4, 0.5) is 5.69 Å². The van der Waals surface area contributed by atoms with Gasteiger partial charge in [-0.1, -0.05) is 65.8 Å². The number of imidazole rings is 1. The highest BCUT2D eigenvalue weighted by atomic mass is 16.2. The number of fused-ring (bicyclic) bond motifs is 4. The minimum absolute atomic E-state index is 0.169. The third kappa shape index (κ3) is 3.16. The van der Waals surface area contributed by atoms with Crippen LogP contribution in [-0.2, 0) is 10.8 Å². The number of anilines is 1. The highest BCUT2D eigenvalue weighted by molar-refractivity contribution is 6.39. The fraction of sp³-hybridized carbons (Fsp3) is 0.235. The Morgan fingerprint density at radius 3 is 1.98 bits per heavy atom. The van der Waals surface area contributed by atoms with Gasteiger partial charge < -0.3 is 0 Å². The van der Waals surface area contributed by atoms with Gasteiger partial charge in [0.05, 0.1) is 16.7 Å². The minimum Gasteiger partial charge on any atom is -0.268 e. The molecule has 2 aromatic heterocycles. The zero-order valence-corrected chi connectivity index (χ0v) is 23.4. The molecule has 0 radical (unpaired) electrons. The van der Waals surface area contributed by atoms with Crippen LogP contribution in [0.1, 0.15) is 73.4 Å². The van der Waals surface area contributed by atoms with Gasteiger partial charge in [-0.2, -0.15) is 0 Å². The first kappa shape index (κ1) is 24.5. The van der Waals surface area contributed by atoms with Gasteiger partial charge in [-0.15, -0.1) is 0 Å². The maximum absolute atomic E-state index is 14.3. The molecule has 0 atom stereocenters. The van der Waals surface area contributed by atoms with Crippen molar-refractivity contribution in [2.75, 3.05) is 4.90 Å². The molecule has 0 spiro atoms. The van der Waals surface area contributed by atoms with Gasteiger partial charge in [-0.05, 0) is 64.4 Å². The predicted octanol–water partition coefficient (Wildman–Crippen LogP) is 6.99. The van der Waals surface area contributed by atoms with Crippen LogP contribution in [0.5, 0.6) is 0 Å². The zero-order chi connectivity index (χ0) is 28.3. The predicted molar refractivity (Wildman–Crippen MR) is 160 cm³/mol. The van der Waals surface area contributed by atoms with Crippen molar-refractivity contribution in [2.24, 2.45) is 0 Å². The van der Waals surface area contributed by atoms with Crippen molar-refractivity contribution < 1.29 is 9.59 Å². The van der Waals surface area contributed by atoms with Crippen LogP contribution in [0.2, 0.25) is 0 Å². The van der Waals surface area contributed by atoms with Gasteiger partial charge in [0.1, 0.15) is 5.65 Å². The second kappa shape index (κ2) is 7.75. The molecule has 0 saturated heterocycles. The molecule has 0 aliphatic carbocycles. The molecule has 1 aliphatic heterocycles. The van der Waals surface area contributed by atoms with Crippen LogP contribution >= 0.6 is 0 Å². The molecule has 40 heavy (non-hydrogen) atoms. The number of aromatic nitrogens is 2. The summed E-state index contributed by atoms with van der Waals surface area (Å²) in [5.41, 5.74) is 4.67. The van der Waals surface area contributed by atoms with Crippen LogP contribution in [0.3, 0.4) is 0 Å².